The normalized spacial score (nSPS) is 11.6. The number of para-hydroxylation sites is 9. The third-order valence-corrected chi connectivity index (χ3v) is 17.1. The zero-order valence-corrected chi connectivity index (χ0v) is 47.8. The second-order valence-electron chi connectivity index (χ2n) is 22.2. The van der Waals surface area contributed by atoms with Crippen LogP contribution in [0, 0.1) is 0 Å². The van der Waals surface area contributed by atoms with Crippen LogP contribution in [0.3, 0.4) is 0 Å². The first-order chi connectivity index (χ1) is 43.7. The summed E-state index contributed by atoms with van der Waals surface area (Å²) in [6.07, 6.45) is 0. The summed E-state index contributed by atoms with van der Waals surface area (Å²) in [5.41, 5.74) is 17.6. The van der Waals surface area contributed by atoms with E-state index in [4.69, 9.17) is 9.97 Å². The molecule has 0 aliphatic heterocycles. The molecule has 414 valence electrons. The summed E-state index contributed by atoms with van der Waals surface area (Å²) < 4.78 is 7.11. The number of benzene rings is 13. The Bertz CT molecular complexity index is 5450. The first-order valence-electron chi connectivity index (χ1n) is 29.8. The number of fused-ring (bicyclic) bond motifs is 10. The van der Waals surface area contributed by atoms with Crippen molar-refractivity contribution in [3.63, 3.8) is 0 Å². The van der Waals surface area contributed by atoms with Gasteiger partial charge in [-0.25, -0.2) is 4.98 Å². The number of hydrogen-bond acceptors (Lipinski definition) is 5. The summed E-state index contributed by atoms with van der Waals surface area (Å²) in [7, 11) is 0. The van der Waals surface area contributed by atoms with Gasteiger partial charge in [0.05, 0.1) is 38.6 Å². The molecule has 13 aromatic carbocycles. The van der Waals surface area contributed by atoms with Crippen LogP contribution in [-0.4, -0.2) is 23.7 Å². The number of rotatable bonds is 12. The summed E-state index contributed by atoms with van der Waals surface area (Å²) in [4.78, 5) is 18.5. The Morgan fingerprint density at radius 1 is 0.205 bits per heavy atom. The van der Waals surface area contributed by atoms with Crippen LogP contribution in [0.1, 0.15) is 0 Å². The highest BCUT2D eigenvalue weighted by atomic mass is 15.3. The maximum Gasteiger partial charge on any atom is 0.237 e. The summed E-state index contributed by atoms with van der Waals surface area (Å²) in [5.74, 6) is 1.24. The molecule has 8 heteroatoms. The molecular formula is C80H54N8. The smallest absolute Gasteiger partial charge is 0.237 e. The van der Waals surface area contributed by atoms with Gasteiger partial charge < -0.3 is 18.6 Å². The molecule has 0 saturated carbocycles. The molecule has 0 radical (unpaired) electrons. The average Bonchev–Trinajstić information content (AvgIpc) is 2.00. The topological polar surface area (TPSA) is 50.3 Å². The van der Waals surface area contributed by atoms with Crippen LogP contribution in [0.2, 0.25) is 0 Å². The lowest BCUT2D eigenvalue weighted by molar-refractivity contribution is 1.08. The second-order valence-corrected chi connectivity index (χ2v) is 22.2. The van der Waals surface area contributed by atoms with E-state index in [0.29, 0.717) is 5.95 Å². The van der Waals surface area contributed by atoms with Gasteiger partial charge in [-0.2, -0.15) is 4.98 Å². The quantitative estimate of drug-likeness (QED) is 0.122. The van der Waals surface area contributed by atoms with Crippen molar-refractivity contribution in [3.8, 4) is 17.1 Å². The third-order valence-electron chi connectivity index (χ3n) is 17.1. The Balaban J connectivity index is 0.929. The van der Waals surface area contributed by atoms with Crippen LogP contribution in [0.5, 0.6) is 0 Å². The number of hydrogen-bond donors (Lipinski definition) is 0. The lowest BCUT2D eigenvalue weighted by Crippen LogP contribution is -2.18. The molecule has 17 rings (SSSR count). The van der Waals surface area contributed by atoms with Gasteiger partial charge in [-0.1, -0.05) is 170 Å². The molecule has 88 heavy (non-hydrogen) atoms. The Morgan fingerprint density at radius 2 is 0.534 bits per heavy atom. The predicted octanol–water partition coefficient (Wildman–Crippen LogP) is 21.3. The Morgan fingerprint density at radius 3 is 1.03 bits per heavy atom. The van der Waals surface area contributed by atoms with Gasteiger partial charge in [0.15, 0.2) is 5.82 Å². The van der Waals surface area contributed by atoms with E-state index in [-0.39, 0.29) is 0 Å². The monoisotopic (exact) mass is 1130 g/mol. The molecular weight excluding hydrogens is 1070 g/mol. The molecule has 0 unspecified atom stereocenters. The Kier molecular flexibility index (Phi) is 12.0. The molecule has 0 atom stereocenters. The second kappa shape index (κ2) is 21.0. The minimum atomic E-state index is 0.523. The van der Waals surface area contributed by atoms with E-state index in [2.05, 4.69) is 356 Å². The van der Waals surface area contributed by atoms with Crippen LogP contribution < -0.4 is 14.7 Å². The highest BCUT2D eigenvalue weighted by Gasteiger charge is 2.27. The fourth-order valence-corrected chi connectivity index (χ4v) is 13.3. The SMILES string of the molecule is c1ccc(N(c2ccc3nc(N(c4ccccc4)c4ccc5c(c4)c4ccccc4n5-c4ccccc4)nc(N(c4ccccc4)c4ccc5c(c4)c4ccccc4n5-c4ccccc4)c3c2)c2ccc3c4ccccc4n(-c4ccccc4)c3c2)cc1. The lowest BCUT2D eigenvalue weighted by atomic mass is 10.1. The van der Waals surface area contributed by atoms with Crippen molar-refractivity contribution in [2.45, 2.75) is 0 Å². The predicted molar refractivity (Wildman–Crippen MR) is 367 cm³/mol. The molecule has 0 fully saturated rings. The zero-order valence-electron chi connectivity index (χ0n) is 47.8. The van der Waals surface area contributed by atoms with Gasteiger partial charge in [-0.05, 0) is 158 Å². The molecule has 0 aliphatic rings. The summed E-state index contributed by atoms with van der Waals surface area (Å²) >= 11 is 0. The highest BCUT2D eigenvalue weighted by molar-refractivity contribution is 6.14. The third kappa shape index (κ3) is 8.37. The van der Waals surface area contributed by atoms with Gasteiger partial charge in [-0.3, -0.25) is 9.80 Å². The molecule has 0 saturated heterocycles. The minimum absolute atomic E-state index is 0.523. The standard InChI is InChI=1S/C80H54N8/c1-7-25-55(26-8-1)83(64-43-47-68-65-37-19-22-40-73(65)88(78(68)54-64)60-35-17-6-18-36-60)61-44-48-72-71(53-61)79(84(56-27-9-2-10-28-56)62-45-49-76-69(51-62)66-38-20-23-41-74(66)86(76)58-31-13-4-14-32-58)82-80(81-72)85(57-29-11-3-12-30-57)63-46-50-77-70(52-63)67-39-21-24-42-75(67)87(77)59-33-15-5-16-34-59/h1-54H. The van der Waals surface area contributed by atoms with Crippen LogP contribution in [-0.2, 0) is 0 Å². The number of anilines is 9. The minimum Gasteiger partial charge on any atom is -0.310 e. The van der Waals surface area contributed by atoms with Crippen molar-refractivity contribution >= 4 is 128 Å². The van der Waals surface area contributed by atoms with Crippen molar-refractivity contribution in [1.82, 2.24) is 23.7 Å². The largest absolute Gasteiger partial charge is 0.310 e. The highest BCUT2D eigenvalue weighted by Crippen LogP contribution is 2.47. The van der Waals surface area contributed by atoms with Gasteiger partial charge in [0.1, 0.15) is 0 Å². The molecule has 0 N–H and O–H groups in total. The van der Waals surface area contributed by atoms with Gasteiger partial charge in [-0.15, -0.1) is 0 Å². The van der Waals surface area contributed by atoms with Gasteiger partial charge in [0.25, 0.3) is 0 Å². The molecule has 17 aromatic rings. The van der Waals surface area contributed by atoms with E-state index in [0.717, 1.165) is 128 Å². The van der Waals surface area contributed by atoms with Gasteiger partial charge in [0.2, 0.25) is 5.95 Å². The van der Waals surface area contributed by atoms with Crippen LogP contribution in [0.15, 0.2) is 328 Å². The van der Waals surface area contributed by atoms with Gasteiger partial charge in [0, 0.05) is 94.6 Å². The molecule has 8 nitrogen and oxygen atoms in total. The molecule has 0 bridgehead atoms. The fraction of sp³-hybridized carbons (Fsp3) is 0. The van der Waals surface area contributed by atoms with Gasteiger partial charge >= 0.3 is 0 Å². The van der Waals surface area contributed by atoms with Crippen LogP contribution in [0.4, 0.5) is 51.6 Å². The van der Waals surface area contributed by atoms with E-state index in [1.165, 1.54) is 10.8 Å². The molecule has 4 aromatic heterocycles. The molecule has 4 heterocycles. The van der Waals surface area contributed by atoms with E-state index in [9.17, 15) is 0 Å². The number of aromatic nitrogens is 5. The lowest BCUT2D eigenvalue weighted by Gasteiger charge is -2.30. The fourth-order valence-electron chi connectivity index (χ4n) is 13.3. The van der Waals surface area contributed by atoms with E-state index >= 15 is 0 Å². The zero-order chi connectivity index (χ0) is 58.1. The summed E-state index contributed by atoms with van der Waals surface area (Å²) in [6.45, 7) is 0. The molecule has 0 spiro atoms. The molecule has 0 aliphatic carbocycles. The van der Waals surface area contributed by atoms with Crippen molar-refractivity contribution < 1.29 is 0 Å². The van der Waals surface area contributed by atoms with Crippen LogP contribution >= 0.6 is 0 Å². The average molecular weight is 1130 g/mol. The first-order valence-corrected chi connectivity index (χ1v) is 29.8. The maximum atomic E-state index is 5.96. The molecule has 0 amide bonds. The summed E-state index contributed by atoms with van der Waals surface area (Å²) in [5, 5.41) is 7.83. The maximum absolute atomic E-state index is 5.96. The van der Waals surface area contributed by atoms with Crippen molar-refractivity contribution in [3.05, 3.63) is 328 Å². The van der Waals surface area contributed by atoms with Crippen molar-refractivity contribution in [2.24, 2.45) is 0 Å². The van der Waals surface area contributed by atoms with E-state index in [1.807, 2.05) is 0 Å². The first kappa shape index (κ1) is 50.5. The van der Waals surface area contributed by atoms with E-state index < -0.39 is 0 Å². The number of nitrogens with zero attached hydrogens (tertiary/aromatic N) is 8. The van der Waals surface area contributed by atoms with Crippen molar-refractivity contribution in [2.75, 3.05) is 14.7 Å². The van der Waals surface area contributed by atoms with Crippen LogP contribution in [0.25, 0.3) is 93.4 Å². The Hall–Kier alpha value is -12.0. The summed E-state index contributed by atoms with van der Waals surface area (Å²) in [6, 6.07) is 117. The van der Waals surface area contributed by atoms with Crippen molar-refractivity contribution in [1.29, 1.82) is 0 Å². The Labute approximate surface area is 508 Å². The van der Waals surface area contributed by atoms with E-state index in [1.54, 1.807) is 0 Å².